The van der Waals surface area contributed by atoms with Gasteiger partial charge in [-0.25, -0.2) is 0 Å². The van der Waals surface area contributed by atoms with Gasteiger partial charge in [-0.15, -0.1) is 0 Å². The highest BCUT2D eigenvalue weighted by Gasteiger charge is 2.78. The topological polar surface area (TPSA) is 79.2 Å². The molecular weight excluding hydrogens is 428 g/mol. The number of hydrogen-bond donors (Lipinski definition) is 3. The Morgan fingerprint density at radius 3 is 2.21 bits per heavy atom. The van der Waals surface area contributed by atoms with E-state index in [1.165, 1.54) is 0 Å². The first kappa shape index (κ1) is 24.2. The molecule has 0 bridgehead atoms. The van der Waals surface area contributed by atoms with Gasteiger partial charge >= 0.3 is 0 Å². The Hall–Kier alpha value is -0.200. The van der Waals surface area contributed by atoms with Gasteiger partial charge in [0.1, 0.15) is 5.60 Å². The second-order valence-electron chi connectivity index (χ2n) is 15.2. The second-order valence-corrected chi connectivity index (χ2v) is 15.2. The van der Waals surface area contributed by atoms with Crippen molar-refractivity contribution in [2.75, 3.05) is 0 Å². The van der Waals surface area contributed by atoms with Gasteiger partial charge in [-0.2, -0.15) is 0 Å². The Morgan fingerprint density at radius 2 is 1.56 bits per heavy atom. The molecule has 0 aromatic carbocycles. The van der Waals surface area contributed by atoms with Crippen LogP contribution in [0.5, 0.6) is 0 Å². The zero-order valence-corrected chi connectivity index (χ0v) is 22.4. The van der Waals surface area contributed by atoms with Crippen LogP contribution in [0, 0.1) is 45.8 Å². The molecule has 0 aromatic heterocycles. The van der Waals surface area contributed by atoms with Gasteiger partial charge in [-0.3, -0.25) is 0 Å². The quantitative estimate of drug-likeness (QED) is 0.474. The molecule has 4 saturated carbocycles. The minimum Gasteiger partial charge on any atom is -0.393 e. The molecule has 6 fully saturated rings. The summed E-state index contributed by atoms with van der Waals surface area (Å²) in [5.41, 5.74) is -1.66. The molecule has 2 aliphatic heterocycles. The third-order valence-corrected chi connectivity index (χ3v) is 13.0. The molecular formula is C29H48O5. The fourth-order valence-electron chi connectivity index (χ4n) is 10.8. The van der Waals surface area contributed by atoms with Gasteiger partial charge < -0.3 is 24.8 Å². The molecule has 0 unspecified atom stereocenters. The van der Waals surface area contributed by atoms with Crippen LogP contribution in [-0.4, -0.2) is 50.6 Å². The monoisotopic (exact) mass is 476 g/mol. The van der Waals surface area contributed by atoms with Gasteiger partial charge in [0.05, 0.1) is 23.9 Å². The zero-order valence-electron chi connectivity index (χ0n) is 22.4. The molecule has 194 valence electrons. The van der Waals surface area contributed by atoms with Crippen LogP contribution >= 0.6 is 0 Å². The smallest absolute Gasteiger partial charge is 0.198 e. The van der Waals surface area contributed by atoms with Crippen molar-refractivity contribution in [1.82, 2.24) is 0 Å². The van der Waals surface area contributed by atoms with Crippen LogP contribution in [0.1, 0.15) is 99.8 Å². The molecule has 34 heavy (non-hydrogen) atoms. The van der Waals surface area contributed by atoms with Crippen molar-refractivity contribution < 1.29 is 24.8 Å². The maximum absolute atomic E-state index is 12.3. The summed E-state index contributed by atoms with van der Waals surface area (Å²) in [6.07, 6.45) is 6.85. The minimum absolute atomic E-state index is 0.0284. The van der Waals surface area contributed by atoms with E-state index in [0.29, 0.717) is 24.2 Å². The molecule has 12 atom stereocenters. The predicted octanol–water partition coefficient (Wildman–Crippen LogP) is 4.66. The highest BCUT2D eigenvalue weighted by Crippen LogP contribution is 2.73. The van der Waals surface area contributed by atoms with E-state index in [9.17, 15) is 15.3 Å². The molecule has 0 amide bonds. The van der Waals surface area contributed by atoms with Crippen molar-refractivity contribution in [3.8, 4) is 0 Å². The fourth-order valence-corrected chi connectivity index (χ4v) is 10.8. The van der Waals surface area contributed by atoms with Crippen LogP contribution in [0.25, 0.3) is 0 Å². The van der Waals surface area contributed by atoms with E-state index in [-0.39, 0.29) is 52.0 Å². The molecule has 5 heteroatoms. The summed E-state index contributed by atoms with van der Waals surface area (Å²) >= 11 is 0. The third kappa shape index (κ3) is 2.75. The average Bonchev–Trinajstić information content (AvgIpc) is 3.17. The van der Waals surface area contributed by atoms with Gasteiger partial charge in [-0.05, 0) is 106 Å². The van der Waals surface area contributed by atoms with E-state index in [4.69, 9.17) is 9.47 Å². The maximum atomic E-state index is 12.3. The lowest BCUT2D eigenvalue weighted by molar-refractivity contribution is -0.301. The molecule has 0 radical (unpaired) electrons. The largest absolute Gasteiger partial charge is 0.393 e. The average molecular weight is 477 g/mol. The molecule has 6 aliphatic rings. The number of aliphatic hydroxyl groups excluding tert-OH is 2. The summed E-state index contributed by atoms with van der Waals surface area (Å²) in [5.74, 6) is 0.694. The van der Waals surface area contributed by atoms with E-state index < -0.39 is 11.4 Å². The van der Waals surface area contributed by atoms with Crippen molar-refractivity contribution in [2.45, 2.75) is 135 Å². The van der Waals surface area contributed by atoms with E-state index in [0.717, 1.165) is 44.9 Å². The normalized spacial score (nSPS) is 61.6. The zero-order chi connectivity index (χ0) is 24.7. The number of ether oxygens (including phenoxy) is 2. The van der Waals surface area contributed by atoms with Crippen molar-refractivity contribution in [2.24, 2.45) is 45.8 Å². The Balaban J connectivity index is 1.34. The Morgan fingerprint density at radius 1 is 0.853 bits per heavy atom. The highest BCUT2D eigenvalue weighted by atomic mass is 16.7. The highest BCUT2D eigenvalue weighted by molar-refractivity contribution is 5.23. The summed E-state index contributed by atoms with van der Waals surface area (Å²) in [6, 6.07) is 0. The van der Waals surface area contributed by atoms with Gasteiger partial charge in [0.25, 0.3) is 0 Å². The van der Waals surface area contributed by atoms with Gasteiger partial charge in [0, 0.05) is 12.3 Å². The Bertz CT molecular complexity index is 849. The molecule has 3 N–H and O–H groups in total. The molecule has 4 aliphatic carbocycles. The lowest BCUT2D eigenvalue weighted by atomic mass is 9.43. The van der Waals surface area contributed by atoms with E-state index >= 15 is 0 Å². The van der Waals surface area contributed by atoms with Gasteiger partial charge in [-0.1, -0.05) is 27.7 Å². The third-order valence-electron chi connectivity index (χ3n) is 13.0. The van der Waals surface area contributed by atoms with Crippen LogP contribution in [0.4, 0.5) is 0 Å². The minimum atomic E-state index is -1.10. The SMILES string of the molecule is CC1(C)C[C@@]2(O[C@H]3C[C@H]4[C@@H]5CC[C@H]6C[C@H](O)CC[C@]6(C)[C@H]5[C@@H](O)C[C@]4(C)[C@H]3[C@@]2(C)O)OC1(C)C. The number of hydrogen-bond acceptors (Lipinski definition) is 5. The molecule has 6 rings (SSSR count). The Labute approximate surface area is 206 Å². The fraction of sp³-hybridized carbons (Fsp3) is 1.00. The standard InChI is InChI=1S/C29H48O5/c1-24(2)15-29(34-25(24,3)4)28(7,32)23-21(33-29)13-19-18-9-8-16-12-17(30)10-11-26(16,5)22(18)20(31)14-27(19,23)6/h16-23,30-32H,8-15H2,1-7H3/t16-,17+,18-,19-,20-,21-,22+,23-,26-,27-,28+,29+/m0/s1. The lowest BCUT2D eigenvalue weighted by Gasteiger charge is -2.63. The van der Waals surface area contributed by atoms with Crippen molar-refractivity contribution in [1.29, 1.82) is 0 Å². The Kier molecular flexibility index (Phi) is 4.84. The summed E-state index contributed by atoms with van der Waals surface area (Å²) < 4.78 is 13.5. The number of aliphatic hydroxyl groups is 3. The van der Waals surface area contributed by atoms with Crippen LogP contribution in [0.2, 0.25) is 0 Å². The van der Waals surface area contributed by atoms with Crippen LogP contribution in [0.3, 0.4) is 0 Å². The predicted molar refractivity (Wildman–Crippen MR) is 130 cm³/mol. The maximum Gasteiger partial charge on any atom is 0.198 e. The second kappa shape index (κ2) is 6.81. The molecule has 2 saturated heterocycles. The summed E-state index contributed by atoms with van der Waals surface area (Å²) in [7, 11) is 0. The van der Waals surface area contributed by atoms with E-state index in [1.54, 1.807) is 0 Å². The summed E-state index contributed by atoms with van der Waals surface area (Å²) in [4.78, 5) is 0. The lowest BCUT2D eigenvalue weighted by Crippen LogP contribution is -2.62. The van der Waals surface area contributed by atoms with E-state index in [1.807, 2.05) is 6.92 Å². The van der Waals surface area contributed by atoms with Crippen LogP contribution < -0.4 is 0 Å². The van der Waals surface area contributed by atoms with Crippen molar-refractivity contribution in [3.05, 3.63) is 0 Å². The van der Waals surface area contributed by atoms with Crippen LogP contribution in [0.15, 0.2) is 0 Å². The molecule has 1 spiro atoms. The van der Waals surface area contributed by atoms with Crippen LogP contribution in [-0.2, 0) is 9.47 Å². The first-order chi connectivity index (χ1) is 15.6. The molecule has 0 aromatic rings. The van der Waals surface area contributed by atoms with Crippen molar-refractivity contribution in [3.63, 3.8) is 0 Å². The number of rotatable bonds is 0. The van der Waals surface area contributed by atoms with E-state index in [2.05, 4.69) is 41.5 Å². The van der Waals surface area contributed by atoms with Gasteiger partial charge in [0.2, 0.25) is 0 Å². The molecule has 2 heterocycles. The first-order valence-corrected chi connectivity index (χ1v) is 14.0. The first-order valence-electron chi connectivity index (χ1n) is 14.0. The number of fused-ring (bicyclic) bond motifs is 7. The van der Waals surface area contributed by atoms with Gasteiger partial charge in [0.15, 0.2) is 5.79 Å². The molecule has 5 nitrogen and oxygen atoms in total. The summed E-state index contributed by atoms with van der Waals surface area (Å²) in [5, 5.41) is 34.4. The van der Waals surface area contributed by atoms with Crippen molar-refractivity contribution >= 4 is 0 Å². The summed E-state index contributed by atoms with van der Waals surface area (Å²) in [6.45, 7) is 15.4.